The minimum absolute atomic E-state index is 0.101. The molecule has 144 valence electrons. The molecule has 28 heavy (non-hydrogen) atoms. The van der Waals surface area contributed by atoms with E-state index in [9.17, 15) is 9.18 Å². The molecule has 2 aromatic carbocycles. The molecule has 0 unspecified atom stereocenters. The number of nitrogens with zero attached hydrogens (tertiary/aromatic N) is 6. The van der Waals surface area contributed by atoms with Gasteiger partial charge in [0.1, 0.15) is 5.82 Å². The van der Waals surface area contributed by atoms with Gasteiger partial charge < -0.3 is 10.2 Å². The summed E-state index contributed by atoms with van der Waals surface area (Å²) in [4.78, 5) is 16.4. The maximum Gasteiger partial charge on any atom is 0.321 e. The van der Waals surface area contributed by atoms with E-state index in [0.29, 0.717) is 44.2 Å². The fourth-order valence-electron chi connectivity index (χ4n) is 3.15. The number of amides is 2. The number of piperazine rings is 1. The van der Waals surface area contributed by atoms with Crippen LogP contribution in [0.3, 0.4) is 0 Å². The van der Waals surface area contributed by atoms with Gasteiger partial charge in [0.2, 0.25) is 0 Å². The molecule has 0 spiro atoms. The van der Waals surface area contributed by atoms with Crippen LogP contribution in [-0.2, 0) is 6.54 Å². The largest absolute Gasteiger partial charge is 0.322 e. The number of carbonyl (C=O) groups excluding carboxylic acids is 1. The molecule has 9 heteroatoms. The first-order chi connectivity index (χ1) is 13.7. The summed E-state index contributed by atoms with van der Waals surface area (Å²) < 4.78 is 15.0. The van der Waals surface area contributed by atoms with E-state index >= 15 is 0 Å². The summed E-state index contributed by atoms with van der Waals surface area (Å²) in [5.41, 5.74) is 1.37. The Morgan fingerprint density at radius 2 is 1.82 bits per heavy atom. The van der Waals surface area contributed by atoms with Gasteiger partial charge in [-0.3, -0.25) is 4.90 Å². The molecule has 1 saturated heterocycles. The summed E-state index contributed by atoms with van der Waals surface area (Å²) in [7, 11) is 0. The van der Waals surface area contributed by atoms with E-state index in [1.807, 2.05) is 30.3 Å². The zero-order valence-electron chi connectivity index (χ0n) is 15.2. The normalized spacial score (nSPS) is 14.8. The zero-order chi connectivity index (χ0) is 19.3. The second kappa shape index (κ2) is 8.13. The summed E-state index contributed by atoms with van der Waals surface area (Å²) in [6.45, 7) is 3.16. The molecule has 2 amide bonds. The Balaban J connectivity index is 1.34. The number of para-hydroxylation sites is 1. The van der Waals surface area contributed by atoms with Crippen molar-refractivity contribution in [1.29, 1.82) is 0 Å². The molecular formula is C19H20FN7O. The van der Waals surface area contributed by atoms with Gasteiger partial charge in [0.25, 0.3) is 0 Å². The maximum absolute atomic E-state index is 13.5. The number of hydrogen-bond acceptors (Lipinski definition) is 5. The Hall–Kier alpha value is -3.33. The highest BCUT2D eigenvalue weighted by Gasteiger charge is 2.23. The standard InChI is InChI=1S/C19H20FN7O/c20-15-5-4-8-17(13-15)27-18(22-23-24-27)14-25-9-11-26(12-10-25)19(28)21-16-6-2-1-3-7-16/h1-8,13H,9-12,14H2,(H,21,28). The monoisotopic (exact) mass is 381 g/mol. The number of rotatable bonds is 4. The number of benzene rings is 2. The van der Waals surface area contributed by atoms with Crippen LogP contribution in [0, 0.1) is 5.82 Å². The zero-order valence-corrected chi connectivity index (χ0v) is 15.2. The van der Waals surface area contributed by atoms with Crippen molar-refractivity contribution in [2.24, 2.45) is 0 Å². The Bertz CT molecular complexity index is 938. The third-order valence-electron chi connectivity index (χ3n) is 4.64. The number of aromatic nitrogens is 4. The second-order valence-electron chi connectivity index (χ2n) is 6.55. The van der Waals surface area contributed by atoms with Crippen molar-refractivity contribution in [3.8, 4) is 5.69 Å². The lowest BCUT2D eigenvalue weighted by molar-refractivity contribution is 0.140. The first-order valence-corrected chi connectivity index (χ1v) is 9.05. The van der Waals surface area contributed by atoms with Gasteiger partial charge in [-0.15, -0.1) is 5.10 Å². The molecule has 3 aromatic rings. The molecule has 1 aromatic heterocycles. The predicted molar refractivity (Wildman–Crippen MR) is 101 cm³/mol. The highest BCUT2D eigenvalue weighted by molar-refractivity contribution is 5.89. The van der Waals surface area contributed by atoms with Gasteiger partial charge in [-0.25, -0.2) is 9.18 Å². The van der Waals surface area contributed by atoms with Crippen LogP contribution >= 0.6 is 0 Å². The summed E-state index contributed by atoms with van der Waals surface area (Å²) in [6.07, 6.45) is 0. The number of hydrogen-bond donors (Lipinski definition) is 1. The van der Waals surface area contributed by atoms with Gasteiger partial charge in [-0.05, 0) is 40.8 Å². The average Bonchev–Trinajstić information content (AvgIpc) is 3.17. The molecule has 1 N–H and O–H groups in total. The fraction of sp³-hybridized carbons (Fsp3) is 0.263. The van der Waals surface area contributed by atoms with Crippen LogP contribution in [-0.4, -0.2) is 62.2 Å². The molecule has 2 heterocycles. The van der Waals surface area contributed by atoms with Gasteiger partial charge in [0.05, 0.1) is 12.2 Å². The molecule has 1 aliphatic rings. The van der Waals surface area contributed by atoms with Gasteiger partial charge in [-0.1, -0.05) is 24.3 Å². The third-order valence-corrected chi connectivity index (χ3v) is 4.64. The molecule has 1 aliphatic heterocycles. The summed E-state index contributed by atoms with van der Waals surface area (Å²) >= 11 is 0. The quantitative estimate of drug-likeness (QED) is 0.749. The highest BCUT2D eigenvalue weighted by atomic mass is 19.1. The van der Waals surface area contributed by atoms with E-state index in [1.54, 1.807) is 17.0 Å². The van der Waals surface area contributed by atoms with Crippen molar-refractivity contribution in [3.63, 3.8) is 0 Å². The van der Waals surface area contributed by atoms with Crippen LogP contribution in [0.4, 0.5) is 14.9 Å². The lowest BCUT2D eigenvalue weighted by Crippen LogP contribution is -2.49. The van der Waals surface area contributed by atoms with E-state index < -0.39 is 0 Å². The Morgan fingerprint density at radius 3 is 2.57 bits per heavy atom. The SMILES string of the molecule is O=C(Nc1ccccc1)N1CCN(Cc2nnnn2-c2cccc(F)c2)CC1. The van der Waals surface area contributed by atoms with Crippen LogP contribution in [0.25, 0.3) is 5.69 Å². The van der Waals surface area contributed by atoms with Crippen molar-refractivity contribution >= 4 is 11.7 Å². The van der Waals surface area contributed by atoms with Crippen molar-refractivity contribution in [3.05, 3.63) is 66.2 Å². The van der Waals surface area contributed by atoms with Crippen LogP contribution < -0.4 is 5.32 Å². The van der Waals surface area contributed by atoms with Crippen molar-refractivity contribution in [1.82, 2.24) is 30.0 Å². The van der Waals surface area contributed by atoms with Gasteiger partial charge in [0, 0.05) is 31.9 Å². The van der Waals surface area contributed by atoms with Crippen LogP contribution in [0.2, 0.25) is 0 Å². The molecule has 0 saturated carbocycles. The third kappa shape index (κ3) is 4.15. The van der Waals surface area contributed by atoms with Crippen molar-refractivity contribution in [2.75, 3.05) is 31.5 Å². The van der Waals surface area contributed by atoms with Gasteiger partial charge >= 0.3 is 6.03 Å². The maximum atomic E-state index is 13.5. The lowest BCUT2D eigenvalue weighted by atomic mass is 10.3. The second-order valence-corrected chi connectivity index (χ2v) is 6.55. The number of anilines is 1. The molecule has 0 aliphatic carbocycles. The Labute approximate surface area is 161 Å². The average molecular weight is 381 g/mol. The number of tetrazole rings is 1. The Kier molecular flexibility index (Phi) is 5.24. The predicted octanol–water partition coefficient (Wildman–Crippen LogP) is 2.15. The van der Waals surface area contributed by atoms with E-state index in [2.05, 4.69) is 25.7 Å². The van der Waals surface area contributed by atoms with Crippen LogP contribution in [0.5, 0.6) is 0 Å². The summed E-state index contributed by atoms with van der Waals surface area (Å²) in [5.74, 6) is 0.296. The van der Waals surface area contributed by atoms with E-state index in [-0.39, 0.29) is 11.8 Å². The van der Waals surface area contributed by atoms with Crippen molar-refractivity contribution < 1.29 is 9.18 Å². The summed E-state index contributed by atoms with van der Waals surface area (Å²) in [6, 6.07) is 15.5. The minimum atomic E-state index is -0.336. The minimum Gasteiger partial charge on any atom is -0.322 e. The molecular weight excluding hydrogens is 361 g/mol. The summed E-state index contributed by atoms with van der Waals surface area (Å²) in [5, 5.41) is 14.7. The van der Waals surface area contributed by atoms with Crippen LogP contribution in [0.15, 0.2) is 54.6 Å². The number of nitrogens with one attached hydrogen (secondary N) is 1. The number of halogens is 1. The topological polar surface area (TPSA) is 79.2 Å². The first-order valence-electron chi connectivity index (χ1n) is 9.05. The molecule has 0 radical (unpaired) electrons. The lowest BCUT2D eigenvalue weighted by Gasteiger charge is -2.34. The van der Waals surface area contributed by atoms with Crippen LogP contribution in [0.1, 0.15) is 5.82 Å². The van der Waals surface area contributed by atoms with Gasteiger partial charge in [0.15, 0.2) is 5.82 Å². The molecule has 1 fully saturated rings. The Morgan fingerprint density at radius 1 is 1.04 bits per heavy atom. The van der Waals surface area contributed by atoms with E-state index in [4.69, 9.17) is 0 Å². The molecule has 4 rings (SSSR count). The molecule has 8 nitrogen and oxygen atoms in total. The van der Waals surface area contributed by atoms with E-state index in [0.717, 1.165) is 5.69 Å². The molecule has 0 bridgehead atoms. The van der Waals surface area contributed by atoms with Crippen molar-refractivity contribution in [2.45, 2.75) is 6.54 Å². The van der Waals surface area contributed by atoms with Gasteiger partial charge in [-0.2, -0.15) is 4.68 Å². The number of carbonyl (C=O) groups is 1. The highest BCUT2D eigenvalue weighted by Crippen LogP contribution is 2.13. The molecule has 0 atom stereocenters. The smallest absolute Gasteiger partial charge is 0.321 e. The fourth-order valence-corrected chi connectivity index (χ4v) is 3.15. The van der Waals surface area contributed by atoms with E-state index in [1.165, 1.54) is 16.8 Å². The number of urea groups is 1. The first kappa shape index (κ1) is 18.1.